The Kier molecular flexibility index (Phi) is 4.00. The predicted molar refractivity (Wildman–Crippen MR) is 82.8 cm³/mol. The molecule has 0 saturated heterocycles. The Labute approximate surface area is 125 Å². The van der Waals surface area contributed by atoms with Crippen LogP contribution in [0.3, 0.4) is 0 Å². The SMILES string of the molecule is CN(C(=O)Cc1ccccn1)C1CCCc2ccccc21. The van der Waals surface area contributed by atoms with Crippen LogP contribution in [0.5, 0.6) is 0 Å². The van der Waals surface area contributed by atoms with E-state index in [1.54, 1.807) is 6.20 Å². The number of nitrogens with zero attached hydrogens (tertiary/aromatic N) is 2. The molecule has 1 atom stereocenters. The zero-order valence-corrected chi connectivity index (χ0v) is 12.3. The minimum Gasteiger partial charge on any atom is -0.338 e. The van der Waals surface area contributed by atoms with Crippen molar-refractivity contribution in [2.45, 2.75) is 31.7 Å². The van der Waals surface area contributed by atoms with Gasteiger partial charge in [0.1, 0.15) is 0 Å². The standard InChI is InChI=1S/C18H20N2O/c1-20(18(21)13-15-9-4-5-12-19-15)17-11-6-8-14-7-2-3-10-16(14)17/h2-5,7,9-10,12,17H,6,8,11,13H2,1H3. The third kappa shape index (κ3) is 2.97. The summed E-state index contributed by atoms with van der Waals surface area (Å²) in [5.74, 6) is 0.135. The number of amides is 1. The second-order valence-electron chi connectivity index (χ2n) is 5.61. The van der Waals surface area contributed by atoms with Gasteiger partial charge in [-0.25, -0.2) is 0 Å². The summed E-state index contributed by atoms with van der Waals surface area (Å²) >= 11 is 0. The number of rotatable bonds is 3. The van der Waals surface area contributed by atoms with Crippen molar-refractivity contribution in [3.63, 3.8) is 0 Å². The quantitative estimate of drug-likeness (QED) is 0.865. The summed E-state index contributed by atoms with van der Waals surface area (Å²) in [5, 5.41) is 0. The minimum absolute atomic E-state index is 0.135. The number of aromatic nitrogens is 1. The Bertz CT molecular complexity index is 624. The van der Waals surface area contributed by atoms with E-state index in [0.717, 1.165) is 25.0 Å². The van der Waals surface area contributed by atoms with Crippen molar-refractivity contribution in [2.24, 2.45) is 0 Å². The van der Waals surface area contributed by atoms with Crippen molar-refractivity contribution in [3.8, 4) is 0 Å². The van der Waals surface area contributed by atoms with Crippen molar-refractivity contribution in [2.75, 3.05) is 7.05 Å². The summed E-state index contributed by atoms with van der Waals surface area (Å²) in [6.07, 6.45) is 5.41. The summed E-state index contributed by atoms with van der Waals surface area (Å²) in [5.41, 5.74) is 3.52. The first kappa shape index (κ1) is 13.8. The number of carbonyl (C=O) groups is 1. The highest BCUT2D eigenvalue weighted by Gasteiger charge is 2.26. The fraction of sp³-hybridized carbons (Fsp3) is 0.333. The number of aryl methyl sites for hydroxylation is 1. The number of benzene rings is 1. The van der Waals surface area contributed by atoms with E-state index < -0.39 is 0 Å². The fourth-order valence-electron chi connectivity index (χ4n) is 3.09. The maximum absolute atomic E-state index is 12.5. The molecule has 0 N–H and O–H groups in total. The topological polar surface area (TPSA) is 33.2 Å². The number of hydrogen-bond acceptors (Lipinski definition) is 2. The second-order valence-corrected chi connectivity index (χ2v) is 5.61. The van der Waals surface area contributed by atoms with Crippen molar-refractivity contribution >= 4 is 5.91 Å². The minimum atomic E-state index is 0.135. The lowest BCUT2D eigenvalue weighted by atomic mass is 9.87. The zero-order chi connectivity index (χ0) is 14.7. The molecular weight excluding hydrogens is 260 g/mol. The van der Waals surface area contributed by atoms with E-state index in [1.807, 2.05) is 30.1 Å². The van der Waals surface area contributed by atoms with E-state index in [2.05, 4.69) is 29.2 Å². The molecule has 0 bridgehead atoms. The molecule has 1 aliphatic rings. The molecule has 1 unspecified atom stereocenters. The van der Waals surface area contributed by atoms with E-state index in [9.17, 15) is 4.79 Å². The highest BCUT2D eigenvalue weighted by Crippen LogP contribution is 2.33. The van der Waals surface area contributed by atoms with Crippen LogP contribution in [0, 0.1) is 0 Å². The smallest absolute Gasteiger partial charge is 0.228 e. The van der Waals surface area contributed by atoms with E-state index in [4.69, 9.17) is 0 Å². The van der Waals surface area contributed by atoms with Gasteiger partial charge in [0.05, 0.1) is 12.5 Å². The lowest BCUT2D eigenvalue weighted by Crippen LogP contribution is -2.34. The highest BCUT2D eigenvalue weighted by molar-refractivity contribution is 5.78. The monoisotopic (exact) mass is 280 g/mol. The van der Waals surface area contributed by atoms with E-state index in [1.165, 1.54) is 11.1 Å². The van der Waals surface area contributed by atoms with Gasteiger partial charge < -0.3 is 4.90 Å². The second kappa shape index (κ2) is 6.08. The van der Waals surface area contributed by atoms with Gasteiger partial charge in [-0.05, 0) is 42.5 Å². The van der Waals surface area contributed by atoms with Crippen LogP contribution in [0.2, 0.25) is 0 Å². The average Bonchev–Trinajstić information content (AvgIpc) is 2.54. The van der Waals surface area contributed by atoms with Crippen LogP contribution < -0.4 is 0 Å². The molecule has 108 valence electrons. The van der Waals surface area contributed by atoms with Crippen molar-refractivity contribution in [1.82, 2.24) is 9.88 Å². The zero-order valence-electron chi connectivity index (χ0n) is 12.3. The molecule has 1 aromatic carbocycles. The molecule has 3 heteroatoms. The third-order valence-corrected chi connectivity index (χ3v) is 4.26. The molecule has 3 nitrogen and oxygen atoms in total. The first-order valence-electron chi connectivity index (χ1n) is 7.49. The summed E-state index contributed by atoms with van der Waals surface area (Å²) in [6, 6.07) is 14.4. The first-order valence-corrected chi connectivity index (χ1v) is 7.49. The van der Waals surface area contributed by atoms with Gasteiger partial charge in [-0.2, -0.15) is 0 Å². The molecule has 0 radical (unpaired) electrons. The Hall–Kier alpha value is -2.16. The molecule has 0 spiro atoms. The van der Waals surface area contributed by atoms with Crippen LogP contribution >= 0.6 is 0 Å². The summed E-state index contributed by atoms with van der Waals surface area (Å²) < 4.78 is 0. The summed E-state index contributed by atoms with van der Waals surface area (Å²) in [7, 11) is 1.91. The normalized spacial score (nSPS) is 17.1. The van der Waals surface area contributed by atoms with E-state index in [-0.39, 0.29) is 11.9 Å². The molecule has 0 aliphatic heterocycles. The summed E-state index contributed by atoms with van der Waals surface area (Å²) in [4.78, 5) is 18.6. The highest BCUT2D eigenvalue weighted by atomic mass is 16.2. The van der Waals surface area contributed by atoms with Crippen LogP contribution in [0.1, 0.15) is 35.7 Å². The number of pyridine rings is 1. The van der Waals surface area contributed by atoms with Crippen molar-refractivity contribution in [3.05, 3.63) is 65.5 Å². The molecule has 1 aliphatic carbocycles. The van der Waals surface area contributed by atoms with Gasteiger partial charge in [0.15, 0.2) is 0 Å². The maximum Gasteiger partial charge on any atom is 0.228 e. The van der Waals surface area contributed by atoms with Crippen LogP contribution in [0.15, 0.2) is 48.7 Å². The fourth-order valence-corrected chi connectivity index (χ4v) is 3.09. The number of carbonyl (C=O) groups excluding carboxylic acids is 1. The third-order valence-electron chi connectivity index (χ3n) is 4.26. The van der Waals surface area contributed by atoms with E-state index >= 15 is 0 Å². The molecule has 0 fully saturated rings. The van der Waals surface area contributed by atoms with Crippen LogP contribution in [0.25, 0.3) is 0 Å². The van der Waals surface area contributed by atoms with Crippen LogP contribution in [-0.4, -0.2) is 22.8 Å². The lowest BCUT2D eigenvalue weighted by Gasteiger charge is -2.33. The Morgan fingerprint density at radius 3 is 2.86 bits per heavy atom. The molecule has 0 saturated carbocycles. The van der Waals surface area contributed by atoms with Gasteiger partial charge in [0.25, 0.3) is 0 Å². The van der Waals surface area contributed by atoms with Gasteiger partial charge >= 0.3 is 0 Å². The molecule has 2 aromatic rings. The number of hydrogen-bond donors (Lipinski definition) is 0. The average molecular weight is 280 g/mol. The summed E-state index contributed by atoms with van der Waals surface area (Å²) in [6.45, 7) is 0. The Balaban J connectivity index is 1.76. The van der Waals surface area contributed by atoms with Gasteiger partial charge in [0.2, 0.25) is 5.91 Å². The van der Waals surface area contributed by atoms with Gasteiger partial charge in [-0.3, -0.25) is 9.78 Å². The van der Waals surface area contributed by atoms with Crippen molar-refractivity contribution < 1.29 is 4.79 Å². The maximum atomic E-state index is 12.5. The van der Waals surface area contributed by atoms with Crippen LogP contribution in [0.4, 0.5) is 0 Å². The van der Waals surface area contributed by atoms with Gasteiger partial charge in [0, 0.05) is 18.9 Å². The molecule has 21 heavy (non-hydrogen) atoms. The molecule has 1 amide bonds. The Morgan fingerprint density at radius 2 is 2.05 bits per heavy atom. The number of fused-ring (bicyclic) bond motifs is 1. The molecular formula is C18H20N2O. The van der Waals surface area contributed by atoms with Gasteiger partial charge in [-0.1, -0.05) is 30.3 Å². The molecule has 1 aromatic heterocycles. The molecule has 1 heterocycles. The van der Waals surface area contributed by atoms with Crippen molar-refractivity contribution in [1.29, 1.82) is 0 Å². The molecule has 3 rings (SSSR count). The van der Waals surface area contributed by atoms with Gasteiger partial charge in [-0.15, -0.1) is 0 Å². The Morgan fingerprint density at radius 1 is 1.24 bits per heavy atom. The number of likely N-dealkylation sites (N-methyl/N-ethyl adjacent to an activating group) is 1. The van der Waals surface area contributed by atoms with E-state index in [0.29, 0.717) is 6.42 Å². The van der Waals surface area contributed by atoms with Crippen LogP contribution in [-0.2, 0) is 17.6 Å². The lowest BCUT2D eigenvalue weighted by molar-refractivity contribution is -0.131. The predicted octanol–water partition coefficient (Wildman–Crippen LogP) is 3.16. The largest absolute Gasteiger partial charge is 0.338 e. The first-order chi connectivity index (χ1) is 10.3.